The summed E-state index contributed by atoms with van der Waals surface area (Å²) in [6.45, 7) is 3.84. The molecule has 4 nitrogen and oxygen atoms in total. The lowest BCUT2D eigenvalue weighted by Gasteiger charge is -2.15. The lowest BCUT2D eigenvalue weighted by molar-refractivity contribution is -0.119. The lowest BCUT2D eigenvalue weighted by atomic mass is 9.97. The third-order valence-electron chi connectivity index (χ3n) is 4.43. The van der Waals surface area contributed by atoms with Crippen molar-refractivity contribution in [2.75, 3.05) is 11.9 Å². The Labute approximate surface area is 167 Å². The monoisotopic (exact) mass is 401 g/mol. The molecule has 2 aromatic carbocycles. The molecule has 3 rings (SSSR count). The fourth-order valence-electron chi connectivity index (χ4n) is 2.79. The smallest absolute Gasteiger partial charge is 0.350 e. The molecule has 6 heteroatoms. The number of halogens is 1. The molecule has 0 fully saturated rings. The largest absolute Gasteiger partial charge is 0.451 e. The average molecular weight is 402 g/mol. The highest BCUT2D eigenvalue weighted by molar-refractivity contribution is 7.21. The number of nitrogens with one attached hydrogen (secondary N) is 1. The summed E-state index contributed by atoms with van der Waals surface area (Å²) >= 11 is 7.54. The van der Waals surface area contributed by atoms with Gasteiger partial charge in [-0.05, 0) is 30.0 Å². The van der Waals surface area contributed by atoms with Crippen LogP contribution in [0.15, 0.2) is 48.5 Å². The number of hydrogen-bond donors (Lipinski definition) is 1. The molecule has 1 heterocycles. The van der Waals surface area contributed by atoms with Gasteiger partial charge in [-0.25, -0.2) is 4.79 Å². The Hall–Kier alpha value is -2.37. The Morgan fingerprint density at radius 1 is 1.15 bits per heavy atom. The van der Waals surface area contributed by atoms with Crippen molar-refractivity contribution in [1.82, 2.24) is 0 Å². The molecule has 0 aliphatic carbocycles. The maximum atomic E-state index is 12.3. The second kappa shape index (κ2) is 8.55. The standard InChI is InChI=1S/C21H20ClNO3S/c1-3-13(2)14-8-4-6-10-16(14)23-18(24)12-26-21(25)20-19(22)15-9-5-7-11-17(15)27-20/h4-11,13H,3,12H2,1-2H3,(H,23,24)/t13-/m0/s1. The summed E-state index contributed by atoms with van der Waals surface area (Å²) in [6, 6.07) is 15.1. The maximum Gasteiger partial charge on any atom is 0.350 e. The van der Waals surface area contributed by atoms with Gasteiger partial charge in [-0.2, -0.15) is 0 Å². The van der Waals surface area contributed by atoms with Gasteiger partial charge in [-0.1, -0.05) is 61.8 Å². The number of esters is 1. The van der Waals surface area contributed by atoms with Crippen LogP contribution in [0.5, 0.6) is 0 Å². The van der Waals surface area contributed by atoms with E-state index in [1.165, 1.54) is 11.3 Å². The summed E-state index contributed by atoms with van der Waals surface area (Å²) in [5.74, 6) is -0.649. The van der Waals surface area contributed by atoms with Crippen molar-refractivity contribution in [3.05, 3.63) is 64.0 Å². The van der Waals surface area contributed by atoms with Gasteiger partial charge < -0.3 is 10.1 Å². The average Bonchev–Trinajstić information content (AvgIpc) is 3.03. The van der Waals surface area contributed by atoms with Crippen LogP contribution in [0.4, 0.5) is 5.69 Å². The van der Waals surface area contributed by atoms with E-state index in [0.717, 1.165) is 27.8 Å². The minimum Gasteiger partial charge on any atom is -0.451 e. The minimum atomic E-state index is -0.591. The van der Waals surface area contributed by atoms with Gasteiger partial charge in [0.2, 0.25) is 0 Å². The number of fused-ring (bicyclic) bond motifs is 1. The van der Waals surface area contributed by atoms with Crippen molar-refractivity contribution in [3.8, 4) is 0 Å². The Balaban J connectivity index is 1.65. The predicted molar refractivity (Wildman–Crippen MR) is 111 cm³/mol. The molecule has 0 spiro atoms. The molecule has 1 atom stereocenters. The van der Waals surface area contributed by atoms with Crippen LogP contribution < -0.4 is 5.32 Å². The molecule has 1 aromatic heterocycles. The van der Waals surface area contributed by atoms with Crippen molar-refractivity contribution in [3.63, 3.8) is 0 Å². The van der Waals surface area contributed by atoms with E-state index in [9.17, 15) is 9.59 Å². The Morgan fingerprint density at radius 3 is 2.59 bits per heavy atom. The molecule has 0 radical (unpaired) electrons. The first-order valence-corrected chi connectivity index (χ1v) is 9.93. The van der Waals surface area contributed by atoms with Gasteiger partial charge in [0.15, 0.2) is 6.61 Å². The maximum absolute atomic E-state index is 12.3. The van der Waals surface area contributed by atoms with Crippen LogP contribution in [0.1, 0.15) is 41.4 Å². The quantitative estimate of drug-likeness (QED) is 0.526. The fourth-order valence-corrected chi connectivity index (χ4v) is 4.19. The number of ether oxygens (including phenoxy) is 1. The predicted octanol–water partition coefficient (Wildman–Crippen LogP) is 5.86. The molecule has 3 aromatic rings. The van der Waals surface area contributed by atoms with Gasteiger partial charge in [-0.3, -0.25) is 4.79 Å². The van der Waals surface area contributed by atoms with E-state index in [4.69, 9.17) is 16.3 Å². The number of amides is 1. The number of carbonyl (C=O) groups excluding carboxylic acids is 2. The third-order valence-corrected chi connectivity index (χ3v) is 6.09. The molecule has 0 unspecified atom stereocenters. The molecule has 0 bridgehead atoms. The molecule has 140 valence electrons. The first-order chi connectivity index (χ1) is 13.0. The van der Waals surface area contributed by atoms with E-state index >= 15 is 0 Å². The van der Waals surface area contributed by atoms with Gasteiger partial charge in [0.25, 0.3) is 5.91 Å². The summed E-state index contributed by atoms with van der Waals surface area (Å²) in [5, 5.41) is 4.00. The highest BCUT2D eigenvalue weighted by atomic mass is 35.5. The number of para-hydroxylation sites is 1. The first kappa shape index (κ1) is 19.4. The van der Waals surface area contributed by atoms with E-state index in [1.54, 1.807) is 0 Å². The summed E-state index contributed by atoms with van der Waals surface area (Å²) in [4.78, 5) is 24.9. The highest BCUT2D eigenvalue weighted by Crippen LogP contribution is 2.35. The van der Waals surface area contributed by atoms with E-state index in [0.29, 0.717) is 15.8 Å². The van der Waals surface area contributed by atoms with Gasteiger partial charge >= 0.3 is 5.97 Å². The molecule has 0 aliphatic heterocycles. The fraction of sp³-hybridized carbons (Fsp3) is 0.238. The molecular weight excluding hydrogens is 382 g/mol. The number of benzene rings is 2. The second-order valence-corrected chi connectivity index (χ2v) is 7.69. The van der Waals surface area contributed by atoms with Crippen LogP contribution >= 0.6 is 22.9 Å². The molecule has 0 saturated carbocycles. The van der Waals surface area contributed by atoms with Crippen molar-refractivity contribution >= 4 is 50.6 Å². The summed E-state index contributed by atoms with van der Waals surface area (Å²) < 4.78 is 6.08. The zero-order valence-electron chi connectivity index (χ0n) is 15.1. The van der Waals surface area contributed by atoms with Crippen LogP contribution in [-0.4, -0.2) is 18.5 Å². The third kappa shape index (κ3) is 4.31. The summed E-state index contributed by atoms with van der Waals surface area (Å²) in [5.41, 5.74) is 1.81. The van der Waals surface area contributed by atoms with E-state index in [-0.39, 0.29) is 12.5 Å². The number of carbonyl (C=O) groups is 2. The Morgan fingerprint density at radius 2 is 1.85 bits per heavy atom. The normalized spacial score (nSPS) is 12.0. The number of rotatable bonds is 6. The Bertz CT molecular complexity index is 982. The number of anilines is 1. The van der Waals surface area contributed by atoms with Crippen molar-refractivity contribution < 1.29 is 14.3 Å². The first-order valence-electron chi connectivity index (χ1n) is 8.74. The molecular formula is C21H20ClNO3S. The molecule has 1 amide bonds. The van der Waals surface area contributed by atoms with Gasteiger partial charge in [0, 0.05) is 15.8 Å². The number of thiophene rings is 1. The van der Waals surface area contributed by atoms with E-state index < -0.39 is 5.97 Å². The van der Waals surface area contributed by atoms with Crippen LogP contribution in [0.2, 0.25) is 5.02 Å². The molecule has 0 saturated heterocycles. The zero-order chi connectivity index (χ0) is 19.4. The molecule has 27 heavy (non-hydrogen) atoms. The van der Waals surface area contributed by atoms with Crippen LogP contribution in [-0.2, 0) is 9.53 Å². The summed E-state index contributed by atoms with van der Waals surface area (Å²) in [7, 11) is 0. The lowest BCUT2D eigenvalue weighted by Crippen LogP contribution is -2.21. The van der Waals surface area contributed by atoms with Gasteiger partial charge in [-0.15, -0.1) is 11.3 Å². The number of hydrogen-bond acceptors (Lipinski definition) is 4. The topological polar surface area (TPSA) is 55.4 Å². The van der Waals surface area contributed by atoms with Gasteiger partial charge in [0.1, 0.15) is 4.88 Å². The zero-order valence-corrected chi connectivity index (χ0v) is 16.7. The molecule has 1 N–H and O–H groups in total. The van der Waals surface area contributed by atoms with Crippen molar-refractivity contribution in [1.29, 1.82) is 0 Å². The van der Waals surface area contributed by atoms with Crippen LogP contribution in [0.3, 0.4) is 0 Å². The van der Waals surface area contributed by atoms with Crippen LogP contribution in [0.25, 0.3) is 10.1 Å². The second-order valence-electron chi connectivity index (χ2n) is 6.26. The van der Waals surface area contributed by atoms with E-state index in [2.05, 4.69) is 19.2 Å². The highest BCUT2D eigenvalue weighted by Gasteiger charge is 2.19. The van der Waals surface area contributed by atoms with Crippen molar-refractivity contribution in [2.24, 2.45) is 0 Å². The molecule has 0 aliphatic rings. The van der Waals surface area contributed by atoms with E-state index in [1.807, 2.05) is 48.5 Å². The summed E-state index contributed by atoms with van der Waals surface area (Å²) in [6.07, 6.45) is 0.965. The minimum absolute atomic E-state index is 0.311. The Kier molecular flexibility index (Phi) is 6.14. The van der Waals surface area contributed by atoms with Crippen molar-refractivity contribution in [2.45, 2.75) is 26.2 Å². The van der Waals surface area contributed by atoms with Gasteiger partial charge in [0.05, 0.1) is 5.02 Å². The SMILES string of the molecule is CC[C@H](C)c1ccccc1NC(=O)COC(=O)c1sc2ccccc2c1Cl. The van der Waals surface area contributed by atoms with Crippen LogP contribution in [0, 0.1) is 0 Å².